The minimum atomic E-state index is -0.931. The Kier molecular flexibility index (Phi) is 15.3. The highest BCUT2D eigenvalue weighted by Crippen LogP contribution is 2.24. The van der Waals surface area contributed by atoms with Crippen molar-refractivity contribution in [2.45, 2.75) is 34.1 Å². The van der Waals surface area contributed by atoms with Crippen molar-refractivity contribution in [2.24, 2.45) is 5.41 Å². The van der Waals surface area contributed by atoms with Crippen LogP contribution in [0.1, 0.15) is 34.1 Å². The van der Waals surface area contributed by atoms with Crippen LogP contribution < -0.4 is 0 Å². The van der Waals surface area contributed by atoms with Crippen LogP contribution in [0.2, 0.25) is 0 Å². The number of rotatable bonds is 16. The Morgan fingerprint density at radius 3 is 1.13 bits per heavy atom. The summed E-state index contributed by atoms with van der Waals surface area (Å²) in [4.78, 5) is 35.5. The summed E-state index contributed by atoms with van der Waals surface area (Å²) in [6.07, 6.45) is 7.50. The number of ether oxygens (including phenoxy) is 6. The maximum atomic E-state index is 11.8. The summed E-state index contributed by atoms with van der Waals surface area (Å²) in [5.41, 5.74) is -0.931. The van der Waals surface area contributed by atoms with Gasteiger partial charge in [-0.2, -0.15) is 0 Å². The number of carbonyl (C=O) groups is 3. The van der Waals surface area contributed by atoms with Gasteiger partial charge in [0.1, 0.15) is 19.8 Å². The Morgan fingerprint density at radius 1 is 0.600 bits per heavy atom. The van der Waals surface area contributed by atoms with Gasteiger partial charge in [0.25, 0.3) is 0 Å². The molecular formula is C21H32O9. The molecule has 0 aromatic carbocycles. The molecule has 0 heterocycles. The molecule has 0 aromatic heterocycles. The predicted octanol–water partition coefficient (Wildman–Crippen LogP) is 2.66. The van der Waals surface area contributed by atoms with Crippen LogP contribution in [0, 0.1) is 5.41 Å². The molecule has 0 rings (SSSR count). The first-order valence-electron chi connectivity index (χ1n) is 9.77. The second kappa shape index (κ2) is 16.9. The number of hydrogen-bond donors (Lipinski definition) is 0. The Hall–Kier alpha value is -2.97. The second-order valence-corrected chi connectivity index (χ2v) is 5.95. The average molecular weight is 428 g/mol. The van der Waals surface area contributed by atoms with Crippen LogP contribution in [0.15, 0.2) is 37.0 Å². The van der Waals surface area contributed by atoms with Gasteiger partial charge in [0, 0.05) is 0 Å². The zero-order chi connectivity index (χ0) is 22.7. The molecule has 0 aliphatic carbocycles. The van der Waals surface area contributed by atoms with E-state index in [1.807, 2.05) is 0 Å². The standard InChI is InChI=1S/C21H32O9/c1-5-21(15-28-18(22)9-12-25-6-2,16-29-19(23)10-13-26-7-3)17-30-20(24)11-14-27-8-4/h9-14H,5-8,15-17H2,1-4H3. The van der Waals surface area contributed by atoms with Crippen LogP contribution in [-0.4, -0.2) is 57.5 Å². The fourth-order valence-corrected chi connectivity index (χ4v) is 1.85. The predicted molar refractivity (Wildman–Crippen MR) is 108 cm³/mol. The molecule has 30 heavy (non-hydrogen) atoms. The molecule has 0 N–H and O–H groups in total. The summed E-state index contributed by atoms with van der Waals surface area (Å²) in [6, 6.07) is 0. The fraction of sp³-hybridized carbons (Fsp3) is 0.571. The van der Waals surface area contributed by atoms with Crippen LogP contribution in [0.5, 0.6) is 0 Å². The minimum Gasteiger partial charge on any atom is -0.501 e. The van der Waals surface area contributed by atoms with E-state index in [-0.39, 0.29) is 19.8 Å². The Bertz CT molecular complexity index is 514. The van der Waals surface area contributed by atoms with Gasteiger partial charge in [-0.05, 0) is 27.2 Å². The Labute approximate surface area is 177 Å². The molecule has 0 unspecified atom stereocenters. The summed E-state index contributed by atoms with van der Waals surface area (Å²) in [5, 5.41) is 0. The van der Waals surface area contributed by atoms with Crippen molar-refractivity contribution < 1.29 is 42.8 Å². The van der Waals surface area contributed by atoms with E-state index in [0.29, 0.717) is 26.2 Å². The molecule has 0 amide bonds. The van der Waals surface area contributed by atoms with Gasteiger partial charge in [-0.3, -0.25) is 0 Å². The molecule has 0 aliphatic heterocycles. The molecular weight excluding hydrogens is 396 g/mol. The van der Waals surface area contributed by atoms with Crippen molar-refractivity contribution in [2.75, 3.05) is 39.6 Å². The highest BCUT2D eigenvalue weighted by Gasteiger charge is 2.33. The van der Waals surface area contributed by atoms with E-state index < -0.39 is 23.3 Å². The molecule has 9 nitrogen and oxygen atoms in total. The molecule has 0 aromatic rings. The molecule has 0 aliphatic rings. The molecule has 0 saturated heterocycles. The lowest BCUT2D eigenvalue weighted by atomic mass is 9.88. The molecule has 170 valence electrons. The minimum absolute atomic E-state index is 0.135. The van der Waals surface area contributed by atoms with Crippen molar-refractivity contribution in [3.8, 4) is 0 Å². The van der Waals surface area contributed by atoms with Crippen molar-refractivity contribution in [1.82, 2.24) is 0 Å². The molecule has 0 bridgehead atoms. The lowest BCUT2D eigenvalue weighted by Crippen LogP contribution is -2.38. The third-order valence-electron chi connectivity index (χ3n) is 3.71. The van der Waals surface area contributed by atoms with Crippen LogP contribution in [0.3, 0.4) is 0 Å². The average Bonchev–Trinajstić information content (AvgIpc) is 2.74. The lowest BCUT2D eigenvalue weighted by molar-refractivity contribution is -0.156. The highest BCUT2D eigenvalue weighted by molar-refractivity contribution is 5.82. The van der Waals surface area contributed by atoms with Crippen LogP contribution in [0.4, 0.5) is 0 Å². The van der Waals surface area contributed by atoms with Crippen LogP contribution in [-0.2, 0) is 42.8 Å². The van der Waals surface area contributed by atoms with E-state index >= 15 is 0 Å². The fourth-order valence-electron chi connectivity index (χ4n) is 1.85. The molecule has 0 saturated carbocycles. The van der Waals surface area contributed by atoms with Gasteiger partial charge >= 0.3 is 17.9 Å². The van der Waals surface area contributed by atoms with Gasteiger partial charge in [0.15, 0.2) is 0 Å². The van der Waals surface area contributed by atoms with E-state index in [1.165, 1.54) is 18.8 Å². The van der Waals surface area contributed by atoms with Crippen molar-refractivity contribution in [1.29, 1.82) is 0 Å². The molecule has 0 radical (unpaired) electrons. The van der Waals surface area contributed by atoms with Gasteiger partial charge in [-0.25, -0.2) is 14.4 Å². The van der Waals surface area contributed by atoms with Gasteiger partial charge in [0.05, 0.1) is 62.2 Å². The largest absolute Gasteiger partial charge is 0.501 e. The maximum Gasteiger partial charge on any atom is 0.333 e. The van der Waals surface area contributed by atoms with E-state index in [0.717, 1.165) is 18.2 Å². The van der Waals surface area contributed by atoms with Crippen LogP contribution >= 0.6 is 0 Å². The first-order chi connectivity index (χ1) is 14.4. The highest BCUT2D eigenvalue weighted by atomic mass is 16.6. The van der Waals surface area contributed by atoms with E-state index in [4.69, 9.17) is 28.4 Å². The summed E-state index contributed by atoms with van der Waals surface area (Å²) in [6.45, 7) is 7.98. The van der Waals surface area contributed by atoms with Crippen molar-refractivity contribution in [3.63, 3.8) is 0 Å². The number of hydrogen-bond acceptors (Lipinski definition) is 9. The Balaban J connectivity index is 5.05. The molecule has 0 atom stereocenters. The van der Waals surface area contributed by atoms with E-state index in [9.17, 15) is 14.4 Å². The third kappa shape index (κ3) is 13.2. The summed E-state index contributed by atoms with van der Waals surface area (Å²) in [5.74, 6) is -1.90. The number of carbonyl (C=O) groups excluding carboxylic acids is 3. The van der Waals surface area contributed by atoms with Crippen LogP contribution in [0.25, 0.3) is 0 Å². The summed E-state index contributed by atoms with van der Waals surface area (Å²) >= 11 is 0. The van der Waals surface area contributed by atoms with Gasteiger partial charge in [-0.15, -0.1) is 0 Å². The first kappa shape index (κ1) is 27.0. The van der Waals surface area contributed by atoms with Gasteiger partial charge in [-0.1, -0.05) is 6.92 Å². The monoisotopic (exact) mass is 428 g/mol. The summed E-state index contributed by atoms with van der Waals surface area (Å²) in [7, 11) is 0. The number of esters is 3. The lowest BCUT2D eigenvalue weighted by Gasteiger charge is -2.30. The zero-order valence-electron chi connectivity index (χ0n) is 18.1. The topological polar surface area (TPSA) is 107 Å². The summed E-state index contributed by atoms with van der Waals surface area (Å²) < 4.78 is 30.6. The van der Waals surface area contributed by atoms with Crippen molar-refractivity contribution in [3.05, 3.63) is 37.0 Å². The van der Waals surface area contributed by atoms with E-state index in [1.54, 1.807) is 27.7 Å². The molecule has 0 spiro atoms. The van der Waals surface area contributed by atoms with Gasteiger partial charge in [0.2, 0.25) is 0 Å². The first-order valence-corrected chi connectivity index (χ1v) is 9.77. The SMILES string of the molecule is CCOC=CC(=O)OCC(CC)(COC(=O)C=COCC)COC(=O)C=COCC. The second-order valence-electron chi connectivity index (χ2n) is 5.95. The van der Waals surface area contributed by atoms with E-state index in [2.05, 4.69) is 0 Å². The smallest absolute Gasteiger partial charge is 0.333 e. The quantitative estimate of drug-likeness (QED) is 0.159. The third-order valence-corrected chi connectivity index (χ3v) is 3.71. The Morgan fingerprint density at radius 2 is 0.900 bits per heavy atom. The van der Waals surface area contributed by atoms with Gasteiger partial charge < -0.3 is 28.4 Å². The normalized spacial score (nSPS) is 13.2. The zero-order valence-corrected chi connectivity index (χ0v) is 18.1. The molecule has 0 fully saturated rings. The molecule has 9 heteroatoms. The van der Waals surface area contributed by atoms with Crippen molar-refractivity contribution >= 4 is 17.9 Å². The maximum absolute atomic E-state index is 11.8.